The van der Waals surface area contributed by atoms with E-state index in [1.54, 1.807) is 13.8 Å². The molecule has 0 aliphatic carbocycles. The van der Waals surface area contributed by atoms with Crippen molar-refractivity contribution in [1.29, 1.82) is 0 Å². The van der Waals surface area contributed by atoms with Gasteiger partial charge in [0.25, 0.3) is 0 Å². The highest BCUT2D eigenvalue weighted by Crippen LogP contribution is 2.16. The van der Waals surface area contributed by atoms with Crippen LogP contribution in [0.1, 0.15) is 25.0 Å². The summed E-state index contributed by atoms with van der Waals surface area (Å²) < 4.78 is 46.9. The van der Waals surface area contributed by atoms with Crippen molar-refractivity contribution in [3.8, 4) is 0 Å². The van der Waals surface area contributed by atoms with Crippen LogP contribution in [0.5, 0.6) is 0 Å². The van der Waals surface area contributed by atoms with Gasteiger partial charge in [-0.2, -0.15) is 4.72 Å². The molecule has 3 rings (SSSR count). The molecule has 1 unspecified atom stereocenters. The normalized spacial score (nSPS) is 16.1. The maximum absolute atomic E-state index is 14.0. The summed E-state index contributed by atoms with van der Waals surface area (Å²) in [7, 11) is -4.18. The summed E-state index contributed by atoms with van der Waals surface area (Å²) in [6.45, 7) is 7.91. The molecule has 174 valence electrons. The van der Waals surface area contributed by atoms with E-state index in [4.69, 9.17) is 4.74 Å². The molecule has 1 aliphatic rings. The molecule has 0 spiro atoms. The van der Waals surface area contributed by atoms with Gasteiger partial charge < -0.3 is 10.1 Å². The molecule has 7 nitrogen and oxygen atoms in total. The average Bonchev–Trinajstić information content (AvgIpc) is 2.77. The summed E-state index contributed by atoms with van der Waals surface area (Å²) in [6, 6.07) is 12.0. The number of nitrogens with one attached hydrogen (secondary N) is 2. The standard InChI is InChI=1S/C23H30FN3O4S/c1-17(2)22(26-32(29,30)21-6-4-3-5-20(21)24)23(28)25-15-18-7-9-19(10-8-18)16-27-11-13-31-14-12-27/h3-10,17,22,26H,11-16H2,1-2H3,(H,25,28). The van der Waals surface area contributed by atoms with E-state index in [1.165, 1.54) is 23.8 Å². The Balaban J connectivity index is 1.58. The van der Waals surface area contributed by atoms with Crippen LogP contribution in [0.2, 0.25) is 0 Å². The largest absolute Gasteiger partial charge is 0.379 e. The quantitative estimate of drug-likeness (QED) is 0.596. The number of morpholine rings is 1. The molecule has 1 atom stereocenters. The van der Waals surface area contributed by atoms with Crippen LogP contribution in [0.25, 0.3) is 0 Å². The second-order valence-electron chi connectivity index (χ2n) is 8.20. The van der Waals surface area contributed by atoms with Gasteiger partial charge >= 0.3 is 0 Å². The van der Waals surface area contributed by atoms with Crippen LogP contribution in [0, 0.1) is 11.7 Å². The van der Waals surface area contributed by atoms with Gasteiger partial charge in [0.05, 0.1) is 13.2 Å². The Morgan fingerprint density at radius 2 is 1.69 bits per heavy atom. The lowest BCUT2D eigenvalue weighted by Crippen LogP contribution is -2.49. The number of nitrogens with zero attached hydrogens (tertiary/aromatic N) is 1. The molecular formula is C23H30FN3O4S. The fourth-order valence-electron chi connectivity index (χ4n) is 3.46. The van der Waals surface area contributed by atoms with Crippen LogP contribution >= 0.6 is 0 Å². The Morgan fingerprint density at radius 3 is 2.31 bits per heavy atom. The van der Waals surface area contributed by atoms with Crippen molar-refractivity contribution in [2.24, 2.45) is 5.92 Å². The van der Waals surface area contributed by atoms with E-state index in [0.717, 1.165) is 44.5 Å². The third-order valence-electron chi connectivity index (χ3n) is 5.36. The Kier molecular flexibility index (Phi) is 8.36. The van der Waals surface area contributed by atoms with E-state index < -0.39 is 32.7 Å². The fourth-order valence-corrected chi connectivity index (χ4v) is 4.89. The van der Waals surface area contributed by atoms with Gasteiger partial charge in [0.2, 0.25) is 15.9 Å². The van der Waals surface area contributed by atoms with Gasteiger partial charge in [0.15, 0.2) is 0 Å². The molecule has 1 saturated heterocycles. The van der Waals surface area contributed by atoms with Crippen molar-refractivity contribution < 1.29 is 22.3 Å². The maximum Gasteiger partial charge on any atom is 0.244 e. The predicted molar refractivity (Wildman–Crippen MR) is 120 cm³/mol. The number of benzene rings is 2. The molecule has 32 heavy (non-hydrogen) atoms. The molecule has 9 heteroatoms. The van der Waals surface area contributed by atoms with E-state index in [2.05, 4.69) is 14.9 Å². The number of carbonyl (C=O) groups is 1. The van der Waals surface area contributed by atoms with Gasteiger partial charge in [0, 0.05) is 26.2 Å². The smallest absolute Gasteiger partial charge is 0.244 e. The fraction of sp³-hybridized carbons (Fsp3) is 0.435. The first-order valence-electron chi connectivity index (χ1n) is 10.7. The Labute approximate surface area is 189 Å². The lowest BCUT2D eigenvalue weighted by Gasteiger charge is -2.26. The lowest BCUT2D eigenvalue weighted by molar-refractivity contribution is -0.123. The zero-order chi connectivity index (χ0) is 23.1. The van der Waals surface area contributed by atoms with Gasteiger partial charge in [-0.25, -0.2) is 12.8 Å². The number of hydrogen-bond acceptors (Lipinski definition) is 5. The van der Waals surface area contributed by atoms with E-state index >= 15 is 0 Å². The SMILES string of the molecule is CC(C)C(NS(=O)(=O)c1ccccc1F)C(=O)NCc1ccc(CN2CCOCC2)cc1. The van der Waals surface area contributed by atoms with Crippen LogP contribution in [-0.2, 0) is 32.6 Å². The van der Waals surface area contributed by atoms with E-state index in [1.807, 2.05) is 24.3 Å². The van der Waals surface area contributed by atoms with Gasteiger partial charge in [-0.05, 0) is 29.2 Å². The summed E-state index contributed by atoms with van der Waals surface area (Å²) in [6.07, 6.45) is 0. The minimum atomic E-state index is -4.18. The van der Waals surface area contributed by atoms with Crippen molar-refractivity contribution in [1.82, 2.24) is 14.9 Å². The molecule has 2 N–H and O–H groups in total. The van der Waals surface area contributed by atoms with Gasteiger partial charge in [0.1, 0.15) is 16.8 Å². The first kappa shape index (κ1) is 24.3. The number of amides is 1. The van der Waals surface area contributed by atoms with Crippen molar-refractivity contribution in [2.45, 2.75) is 37.9 Å². The number of sulfonamides is 1. The predicted octanol–water partition coefficient (Wildman–Crippen LogP) is 2.28. The third kappa shape index (κ3) is 6.59. The summed E-state index contributed by atoms with van der Waals surface area (Å²) in [4.78, 5) is 14.6. The van der Waals surface area contributed by atoms with Crippen LogP contribution in [0.15, 0.2) is 53.4 Å². The van der Waals surface area contributed by atoms with Crippen LogP contribution in [0.3, 0.4) is 0 Å². The molecule has 0 radical (unpaired) electrons. The van der Waals surface area contributed by atoms with Crippen LogP contribution < -0.4 is 10.0 Å². The number of carbonyl (C=O) groups excluding carboxylic acids is 1. The van der Waals surface area contributed by atoms with Crippen molar-refractivity contribution in [2.75, 3.05) is 26.3 Å². The Hall–Kier alpha value is -2.33. The minimum absolute atomic E-state index is 0.265. The molecule has 0 saturated carbocycles. The third-order valence-corrected chi connectivity index (χ3v) is 6.83. The zero-order valence-corrected chi connectivity index (χ0v) is 19.2. The first-order valence-corrected chi connectivity index (χ1v) is 12.2. The second kappa shape index (κ2) is 11.0. The highest BCUT2D eigenvalue weighted by atomic mass is 32.2. The second-order valence-corrected chi connectivity index (χ2v) is 9.88. The number of ether oxygens (including phenoxy) is 1. The lowest BCUT2D eigenvalue weighted by atomic mass is 10.0. The van der Waals surface area contributed by atoms with Gasteiger partial charge in [-0.3, -0.25) is 9.69 Å². The molecule has 1 aliphatic heterocycles. The number of rotatable bonds is 9. The van der Waals surface area contributed by atoms with Crippen LogP contribution in [-0.4, -0.2) is 51.6 Å². The molecule has 1 fully saturated rings. The Morgan fingerprint density at radius 1 is 1.06 bits per heavy atom. The highest BCUT2D eigenvalue weighted by Gasteiger charge is 2.29. The van der Waals surface area contributed by atoms with E-state index in [9.17, 15) is 17.6 Å². The molecule has 1 amide bonds. The van der Waals surface area contributed by atoms with E-state index in [0.29, 0.717) is 0 Å². The molecule has 0 aromatic heterocycles. The summed E-state index contributed by atoms with van der Waals surface area (Å²) >= 11 is 0. The van der Waals surface area contributed by atoms with Crippen molar-refractivity contribution >= 4 is 15.9 Å². The molecule has 2 aromatic carbocycles. The zero-order valence-electron chi connectivity index (χ0n) is 18.4. The molecule has 1 heterocycles. The Bertz CT molecular complexity index is 1010. The van der Waals surface area contributed by atoms with E-state index in [-0.39, 0.29) is 12.5 Å². The maximum atomic E-state index is 14.0. The minimum Gasteiger partial charge on any atom is -0.379 e. The topological polar surface area (TPSA) is 87.7 Å². The number of halogens is 1. The number of hydrogen-bond donors (Lipinski definition) is 2. The summed E-state index contributed by atoms with van der Waals surface area (Å²) in [5.74, 6) is -1.65. The summed E-state index contributed by atoms with van der Waals surface area (Å²) in [5.41, 5.74) is 2.09. The van der Waals surface area contributed by atoms with Crippen molar-refractivity contribution in [3.05, 3.63) is 65.5 Å². The van der Waals surface area contributed by atoms with Gasteiger partial charge in [-0.1, -0.05) is 50.2 Å². The monoisotopic (exact) mass is 463 g/mol. The average molecular weight is 464 g/mol. The first-order chi connectivity index (χ1) is 15.3. The molecular weight excluding hydrogens is 433 g/mol. The van der Waals surface area contributed by atoms with Crippen molar-refractivity contribution in [3.63, 3.8) is 0 Å². The molecule has 2 aromatic rings. The van der Waals surface area contributed by atoms with Crippen LogP contribution in [0.4, 0.5) is 4.39 Å². The molecule has 0 bridgehead atoms. The van der Waals surface area contributed by atoms with Gasteiger partial charge in [-0.15, -0.1) is 0 Å². The highest BCUT2D eigenvalue weighted by molar-refractivity contribution is 7.89. The summed E-state index contributed by atoms with van der Waals surface area (Å²) in [5, 5.41) is 2.78.